The van der Waals surface area contributed by atoms with Gasteiger partial charge in [-0.2, -0.15) is 9.76 Å². The summed E-state index contributed by atoms with van der Waals surface area (Å²) in [7, 11) is 1.49. The van der Waals surface area contributed by atoms with E-state index in [2.05, 4.69) is 10.5 Å². The molecular weight excluding hydrogens is 383 g/mol. The number of nitrogens with one attached hydrogen (secondary N) is 1. The number of halogens is 2. The molecule has 1 unspecified atom stereocenters. The molecule has 8 heteroatoms. The first kappa shape index (κ1) is 18.1. The summed E-state index contributed by atoms with van der Waals surface area (Å²) >= 11 is 10.3. The monoisotopic (exact) mass is 396 g/mol. The molecule has 1 N–H and O–H groups in total. The highest BCUT2D eigenvalue weighted by Gasteiger charge is 2.18. The zero-order valence-corrected chi connectivity index (χ0v) is 15.5. The number of fused-ring (bicyclic) bond motifs is 1. The molecule has 0 bridgehead atoms. The molecule has 5 nitrogen and oxygen atoms in total. The predicted octanol–water partition coefficient (Wildman–Crippen LogP) is 4.29. The standard InChI is InChI=1S/C17H14Cl2N2O3S/c1-23-17-15(9-14(19)13-3-2-8-20-16(13)17)25(22)24-21-10-11-4-6-12(18)7-5-11/h2-9,21H,10H2,1H3. The van der Waals surface area contributed by atoms with Crippen LogP contribution in [0.1, 0.15) is 5.56 Å². The molecule has 1 atom stereocenters. The number of nitrogens with zero attached hydrogens (tertiary/aromatic N) is 1. The van der Waals surface area contributed by atoms with Gasteiger partial charge in [-0.05, 0) is 35.9 Å². The molecule has 0 saturated carbocycles. The Kier molecular flexibility index (Phi) is 5.88. The number of rotatable bonds is 6. The number of hydrogen-bond donors (Lipinski definition) is 1. The molecule has 130 valence electrons. The number of benzene rings is 2. The average molecular weight is 397 g/mol. The average Bonchev–Trinajstić information content (AvgIpc) is 2.63. The molecule has 0 saturated heterocycles. The second kappa shape index (κ2) is 8.12. The van der Waals surface area contributed by atoms with Crippen molar-refractivity contribution in [3.05, 3.63) is 64.3 Å². The fourth-order valence-corrected chi connectivity index (χ4v) is 3.54. The summed E-state index contributed by atoms with van der Waals surface area (Å²) in [6.45, 7) is 0.366. The van der Waals surface area contributed by atoms with Gasteiger partial charge in [0.2, 0.25) is 11.1 Å². The minimum absolute atomic E-state index is 0.308. The fourth-order valence-electron chi connectivity index (χ4n) is 2.29. The molecule has 0 spiro atoms. The molecule has 0 radical (unpaired) electrons. The van der Waals surface area contributed by atoms with E-state index in [0.717, 1.165) is 10.9 Å². The van der Waals surface area contributed by atoms with E-state index in [4.69, 9.17) is 32.2 Å². The van der Waals surface area contributed by atoms with E-state index in [0.29, 0.717) is 32.8 Å². The van der Waals surface area contributed by atoms with Crippen LogP contribution in [0.5, 0.6) is 5.75 Å². The number of hydroxylamine groups is 1. The second-order valence-electron chi connectivity index (χ2n) is 5.05. The van der Waals surface area contributed by atoms with E-state index in [1.807, 2.05) is 18.2 Å². The van der Waals surface area contributed by atoms with Crippen molar-refractivity contribution in [3.63, 3.8) is 0 Å². The Balaban J connectivity index is 1.78. The van der Waals surface area contributed by atoms with Gasteiger partial charge in [0.15, 0.2) is 5.75 Å². The van der Waals surface area contributed by atoms with Crippen molar-refractivity contribution in [1.29, 1.82) is 0 Å². The summed E-state index contributed by atoms with van der Waals surface area (Å²) in [5.41, 5.74) is 4.14. The quantitative estimate of drug-likeness (QED) is 0.629. The van der Waals surface area contributed by atoms with Crippen molar-refractivity contribution < 1.29 is 13.2 Å². The Morgan fingerprint density at radius 1 is 1.20 bits per heavy atom. The molecule has 3 aromatic rings. The lowest BCUT2D eigenvalue weighted by Crippen LogP contribution is -2.16. The van der Waals surface area contributed by atoms with Crippen molar-refractivity contribution in [2.24, 2.45) is 0 Å². The first-order valence-corrected chi connectivity index (χ1v) is 9.11. The number of aromatic nitrogens is 1. The lowest BCUT2D eigenvalue weighted by molar-refractivity contribution is 0.215. The second-order valence-corrected chi connectivity index (χ2v) is 6.97. The summed E-state index contributed by atoms with van der Waals surface area (Å²) < 4.78 is 23.1. The van der Waals surface area contributed by atoms with Crippen molar-refractivity contribution >= 4 is 45.2 Å². The van der Waals surface area contributed by atoms with Gasteiger partial charge >= 0.3 is 0 Å². The lowest BCUT2D eigenvalue weighted by Gasteiger charge is -2.12. The van der Waals surface area contributed by atoms with Crippen LogP contribution in [-0.4, -0.2) is 16.3 Å². The smallest absolute Gasteiger partial charge is 0.210 e. The normalized spacial score (nSPS) is 12.3. The molecule has 1 aromatic heterocycles. The number of hydrogen-bond acceptors (Lipinski definition) is 5. The summed E-state index contributed by atoms with van der Waals surface area (Å²) in [5.74, 6) is 0.367. The third-order valence-electron chi connectivity index (χ3n) is 3.47. The van der Waals surface area contributed by atoms with Gasteiger partial charge in [0.05, 0.1) is 12.1 Å². The summed E-state index contributed by atoms with van der Waals surface area (Å²) in [6, 6.07) is 12.4. The Bertz CT molecular complexity index is 920. The van der Waals surface area contributed by atoms with Gasteiger partial charge in [0, 0.05) is 23.2 Å². The largest absolute Gasteiger partial charge is 0.493 e. The molecule has 2 aromatic carbocycles. The zero-order chi connectivity index (χ0) is 17.8. The van der Waals surface area contributed by atoms with E-state index in [1.165, 1.54) is 7.11 Å². The minimum Gasteiger partial charge on any atom is -0.493 e. The molecule has 0 aliphatic carbocycles. The lowest BCUT2D eigenvalue weighted by atomic mass is 10.2. The Hall–Kier alpha value is -1.70. The molecular formula is C17H14Cl2N2O3S. The van der Waals surface area contributed by atoms with Crippen molar-refractivity contribution in [2.45, 2.75) is 11.4 Å². The van der Waals surface area contributed by atoms with Gasteiger partial charge in [-0.3, -0.25) is 4.98 Å². The van der Waals surface area contributed by atoms with Crippen molar-refractivity contribution in [2.75, 3.05) is 7.11 Å². The van der Waals surface area contributed by atoms with E-state index in [1.54, 1.807) is 30.5 Å². The molecule has 0 aliphatic heterocycles. The van der Waals surface area contributed by atoms with E-state index < -0.39 is 11.1 Å². The van der Waals surface area contributed by atoms with Crippen LogP contribution in [0.3, 0.4) is 0 Å². The van der Waals surface area contributed by atoms with Crippen LogP contribution in [0.4, 0.5) is 0 Å². The summed E-state index contributed by atoms with van der Waals surface area (Å²) in [6.07, 6.45) is 1.62. The molecule has 0 fully saturated rings. The van der Waals surface area contributed by atoms with Gasteiger partial charge < -0.3 is 4.74 Å². The van der Waals surface area contributed by atoms with Crippen LogP contribution < -0.4 is 10.2 Å². The Morgan fingerprint density at radius 2 is 1.96 bits per heavy atom. The van der Waals surface area contributed by atoms with Gasteiger partial charge in [-0.25, -0.2) is 4.21 Å². The third kappa shape index (κ3) is 4.11. The van der Waals surface area contributed by atoms with E-state index >= 15 is 0 Å². The summed E-state index contributed by atoms with van der Waals surface area (Å²) in [5, 5.41) is 1.79. The minimum atomic E-state index is -1.83. The summed E-state index contributed by atoms with van der Waals surface area (Å²) in [4.78, 5) is 4.57. The molecule has 3 rings (SSSR count). The highest BCUT2D eigenvalue weighted by molar-refractivity contribution is 7.80. The highest BCUT2D eigenvalue weighted by atomic mass is 35.5. The maximum Gasteiger partial charge on any atom is 0.210 e. The van der Waals surface area contributed by atoms with Crippen LogP contribution in [0.15, 0.2) is 53.6 Å². The van der Waals surface area contributed by atoms with E-state index in [9.17, 15) is 4.21 Å². The number of ether oxygens (including phenoxy) is 1. The van der Waals surface area contributed by atoms with Crippen LogP contribution in [0, 0.1) is 0 Å². The van der Waals surface area contributed by atoms with Crippen molar-refractivity contribution in [3.8, 4) is 5.75 Å². The number of pyridine rings is 1. The fraction of sp³-hybridized carbons (Fsp3) is 0.118. The molecule has 25 heavy (non-hydrogen) atoms. The predicted molar refractivity (Wildman–Crippen MR) is 99.1 cm³/mol. The first-order valence-electron chi connectivity index (χ1n) is 7.27. The van der Waals surface area contributed by atoms with Crippen LogP contribution in [0.25, 0.3) is 10.9 Å². The first-order chi connectivity index (χ1) is 12.1. The SMILES string of the molecule is COc1c(S(=O)ONCc2ccc(Cl)cc2)cc(Cl)c2cccnc12. The van der Waals surface area contributed by atoms with Gasteiger partial charge in [-0.15, -0.1) is 0 Å². The van der Waals surface area contributed by atoms with Crippen molar-refractivity contribution in [1.82, 2.24) is 10.5 Å². The highest BCUT2D eigenvalue weighted by Crippen LogP contribution is 2.35. The van der Waals surface area contributed by atoms with Gasteiger partial charge in [-0.1, -0.05) is 35.3 Å². The topological polar surface area (TPSA) is 60.5 Å². The van der Waals surface area contributed by atoms with E-state index in [-0.39, 0.29) is 0 Å². The maximum absolute atomic E-state index is 12.5. The molecule has 0 amide bonds. The zero-order valence-electron chi connectivity index (χ0n) is 13.2. The number of methoxy groups -OCH3 is 1. The molecule has 0 aliphatic rings. The third-order valence-corrected chi connectivity index (χ3v) is 4.97. The Labute approximate surface area is 157 Å². The van der Waals surface area contributed by atoms with Crippen LogP contribution >= 0.6 is 23.2 Å². The maximum atomic E-state index is 12.5. The van der Waals surface area contributed by atoms with Gasteiger partial charge in [0.25, 0.3) is 0 Å². The van der Waals surface area contributed by atoms with Crippen LogP contribution in [0.2, 0.25) is 10.0 Å². The van der Waals surface area contributed by atoms with Crippen LogP contribution in [-0.2, 0) is 21.9 Å². The molecule has 1 heterocycles. The Morgan fingerprint density at radius 3 is 2.68 bits per heavy atom. The van der Waals surface area contributed by atoms with Gasteiger partial charge in [0.1, 0.15) is 10.4 Å².